The molecular formula is C12H18O. The number of hydrogen-bond acceptors (Lipinski definition) is 1. The summed E-state index contributed by atoms with van der Waals surface area (Å²) in [6.45, 7) is 6.69. The largest absolute Gasteiger partial charge is 0.299 e. The van der Waals surface area contributed by atoms with Crippen molar-refractivity contribution >= 4 is 5.78 Å². The second kappa shape index (κ2) is 2.70. The van der Waals surface area contributed by atoms with E-state index in [0.717, 1.165) is 25.7 Å². The van der Waals surface area contributed by atoms with Gasteiger partial charge in [-0.05, 0) is 38.5 Å². The highest BCUT2D eigenvalue weighted by atomic mass is 16.1. The van der Waals surface area contributed by atoms with Crippen LogP contribution in [0.4, 0.5) is 0 Å². The molecule has 0 N–H and O–H groups in total. The van der Waals surface area contributed by atoms with Gasteiger partial charge in [0.15, 0.2) is 0 Å². The van der Waals surface area contributed by atoms with Crippen molar-refractivity contribution in [3.63, 3.8) is 0 Å². The summed E-state index contributed by atoms with van der Waals surface area (Å²) in [4.78, 5) is 11.6. The molecule has 2 aliphatic rings. The second-order valence-electron chi connectivity index (χ2n) is 5.11. The Labute approximate surface area is 80.2 Å². The van der Waals surface area contributed by atoms with Crippen molar-refractivity contribution < 1.29 is 4.79 Å². The molecule has 0 aliphatic heterocycles. The summed E-state index contributed by atoms with van der Waals surface area (Å²) < 4.78 is 0. The SMILES string of the molecule is CC1=C(C)CC2(C)CCC(=O)C2C1. The lowest BCUT2D eigenvalue weighted by Gasteiger charge is -2.36. The molecule has 72 valence electrons. The Bertz CT molecular complexity index is 287. The van der Waals surface area contributed by atoms with E-state index in [1.54, 1.807) is 0 Å². The summed E-state index contributed by atoms with van der Waals surface area (Å²) in [5.74, 6) is 0.852. The van der Waals surface area contributed by atoms with Crippen LogP contribution in [0.2, 0.25) is 0 Å². The zero-order valence-electron chi connectivity index (χ0n) is 8.81. The first-order valence-corrected chi connectivity index (χ1v) is 5.21. The molecule has 0 aromatic heterocycles. The molecule has 0 aromatic carbocycles. The van der Waals surface area contributed by atoms with Gasteiger partial charge in [0.05, 0.1) is 0 Å². The van der Waals surface area contributed by atoms with Crippen molar-refractivity contribution in [1.82, 2.24) is 0 Å². The Hall–Kier alpha value is -0.590. The Kier molecular flexibility index (Phi) is 1.86. The molecule has 1 saturated carbocycles. The van der Waals surface area contributed by atoms with Crippen LogP contribution in [0.5, 0.6) is 0 Å². The first-order valence-electron chi connectivity index (χ1n) is 5.21. The number of fused-ring (bicyclic) bond motifs is 1. The predicted octanol–water partition coefficient (Wildman–Crippen LogP) is 3.10. The van der Waals surface area contributed by atoms with E-state index in [2.05, 4.69) is 20.8 Å². The number of ketones is 1. The number of carbonyl (C=O) groups excluding carboxylic acids is 1. The number of Topliss-reactive ketones (excluding diaryl/α,β-unsaturated/α-hetero) is 1. The van der Waals surface area contributed by atoms with Crippen molar-refractivity contribution in [1.29, 1.82) is 0 Å². The van der Waals surface area contributed by atoms with Gasteiger partial charge in [-0.15, -0.1) is 0 Å². The minimum absolute atomic E-state index is 0.306. The average Bonchev–Trinajstić information content (AvgIpc) is 2.32. The number of hydrogen-bond donors (Lipinski definition) is 0. The summed E-state index contributed by atoms with van der Waals surface area (Å²) in [5.41, 5.74) is 3.28. The van der Waals surface area contributed by atoms with E-state index in [4.69, 9.17) is 0 Å². The third-order valence-corrected chi connectivity index (χ3v) is 4.08. The maximum absolute atomic E-state index is 11.6. The monoisotopic (exact) mass is 178 g/mol. The molecule has 1 heteroatoms. The lowest BCUT2D eigenvalue weighted by molar-refractivity contribution is -0.122. The van der Waals surface area contributed by atoms with Crippen molar-refractivity contribution in [2.75, 3.05) is 0 Å². The molecule has 0 bridgehead atoms. The van der Waals surface area contributed by atoms with E-state index in [-0.39, 0.29) is 0 Å². The van der Waals surface area contributed by atoms with Crippen LogP contribution in [0.3, 0.4) is 0 Å². The van der Waals surface area contributed by atoms with Gasteiger partial charge < -0.3 is 0 Å². The van der Waals surface area contributed by atoms with Crippen LogP contribution in [0.15, 0.2) is 11.1 Å². The predicted molar refractivity (Wildman–Crippen MR) is 53.4 cm³/mol. The van der Waals surface area contributed by atoms with Crippen molar-refractivity contribution in [2.45, 2.75) is 46.5 Å². The van der Waals surface area contributed by atoms with Crippen LogP contribution in [-0.4, -0.2) is 5.78 Å². The topological polar surface area (TPSA) is 17.1 Å². The summed E-state index contributed by atoms with van der Waals surface area (Å²) in [7, 11) is 0. The van der Waals surface area contributed by atoms with E-state index in [1.807, 2.05) is 0 Å². The van der Waals surface area contributed by atoms with E-state index >= 15 is 0 Å². The van der Waals surface area contributed by atoms with Crippen LogP contribution in [0.1, 0.15) is 46.5 Å². The Balaban J connectivity index is 2.33. The molecule has 2 atom stereocenters. The summed E-state index contributed by atoms with van der Waals surface area (Å²) in [5, 5.41) is 0. The fourth-order valence-corrected chi connectivity index (χ4v) is 2.95. The lowest BCUT2D eigenvalue weighted by atomic mass is 9.68. The third-order valence-electron chi connectivity index (χ3n) is 4.08. The molecule has 0 saturated heterocycles. The fourth-order valence-electron chi connectivity index (χ4n) is 2.95. The molecule has 2 unspecified atom stereocenters. The van der Waals surface area contributed by atoms with Gasteiger partial charge in [-0.1, -0.05) is 18.1 Å². The number of carbonyl (C=O) groups is 1. The van der Waals surface area contributed by atoms with Gasteiger partial charge in [-0.25, -0.2) is 0 Å². The molecule has 0 radical (unpaired) electrons. The van der Waals surface area contributed by atoms with Crippen molar-refractivity contribution in [3.8, 4) is 0 Å². The highest BCUT2D eigenvalue weighted by Crippen LogP contribution is 2.51. The zero-order chi connectivity index (χ0) is 9.64. The van der Waals surface area contributed by atoms with Gasteiger partial charge in [0.1, 0.15) is 5.78 Å². The van der Waals surface area contributed by atoms with Gasteiger partial charge in [0.25, 0.3) is 0 Å². The van der Waals surface area contributed by atoms with E-state index in [1.165, 1.54) is 11.1 Å². The minimum Gasteiger partial charge on any atom is -0.299 e. The van der Waals surface area contributed by atoms with Crippen molar-refractivity contribution in [3.05, 3.63) is 11.1 Å². The molecule has 0 spiro atoms. The third kappa shape index (κ3) is 1.25. The standard InChI is InChI=1S/C12H18O/c1-8-6-10-11(13)4-5-12(10,3)7-9(8)2/h10H,4-7H2,1-3H3. The first kappa shape index (κ1) is 8.98. The molecular weight excluding hydrogens is 160 g/mol. The van der Waals surface area contributed by atoms with E-state index < -0.39 is 0 Å². The molecule has 1 nitrogen and oxygen atoms in total. The summed E-state index contributed by atoms with van der Waals surface area (Å²) in [6, 6.07) is 0. The fraction of sp³-hybridized carbons (Fsp3) is 0.750. The molecule has 13 heavy (non-hydrogen) atoms. The van der Waals surface area contributed by atoms with E-state index in [9.17, 15) is 4.79 Å². The first-order chi connectivity index (χ1) is 6.03. The van der Waals surface area contributed by atoms with Crippen LogP contribution < -0.4 is 0 Å². The molecule has 0 amide bonds. The minimum atomic E-state index is 0.306. The van der Waals surface area contributed by atoms with Crippen LogP contribution in [0.25, 0.3) is 0 Å². The normalized spacial score (nSPS) is 39.6. The zero-order valence-corrected chi connectivity index (χ0v) is 8.81. The Morgan fingerprint density at radius 3 is 2.69 bits per heavy atom. The second-order valence-corrected chi connectivity index (χ2v) is 5.11. The lowest BCUT2D eigenvalue weighted by Crippen LogP contribution is -2.29. The smallest absolute Gasteiger partial charge is 0.136 e. The van der Waals surface area contributed by atoms with Crippen molar-refractivity contribution in [2.24, 2.45) is 11.3 Å². The van der Waals surface area contributed by atoms with E-state index in [0.29, 0.717) is 17.1 Å². The maximum atomic E-state index is 11.6. The Morgan fingerprint density at radius 1 is 1.31 bits per heavy atom. The van der Waals surface area contributed by atoms with Crippen LogP contribution >= 0.6 is 0 Å². The average molecular weight is 178 g/mol. The molecule has 2 aliphatic carbocycles. The number of allylic oxidation sites excluding steroid dienone is 2. The van der Waals surface area contributed by atoms with Crippen LogP contribution in [-0.2, 0) is 4.79 Å². The summed E-state index contributed by atoms with van der Waals surface area (Å²) in [6.07, 6.45) is 4.11. The van der Waals surface area contributed by atoms with Crippen LogP contribution in [0, 0.1) is 11.3 Å². The maximum Gasteiger partial charge on any atom is 0.136 e. The molecule has 0 aromatic rings. The quantitative estimate of drug-likeness (QED) is 0.521. The highest BCUT2D eigenvalue weighted by Gasteiger charge is 2.46. The van der Waals surface area contributed by atoms with Gasteiger partial charge in [-0.3, -0.25) is 4.79 Å². The Morgan fingerprint density at radius 2 is 2.00 bits per heavy atom. The highest BCUT2D eigenvalue weighted by molar-refractivity contribution is 5.84. The molecule has 1 fully saturated rings. The van der Waals surface area contributed by atoms with Gasteiger partial charge >= 0.3 is 0 Å². The van der Waals surface area contributed by atoms with Gasteiger partial charge in [0, 0.05) is 12.3 Å². The molecule has 0 heterocycles. The molecule has 2 rings (SSSR count). The summed E-state index contributed by atoms with van der Waals surface area (Å²) >= 11 is 0. The number of rotatable bonds is 0. The van der Waals surface area contributed by atoms with Gasteiger partial charge in [0.2, 0.25) is 0 Å². The van der Waals surface area contributed by atoms with Gasteiger partial charge in [-0.2, -0.15) is 0 Å².